The molecule has 2 amide bonds. The molecule has 0 aliphatic rings. The summed E-state index contributed by atoms with van der Waals surface area (Å²) in [5, 5.41) is 11.7. The maximum Gasteiger partial charge on any atom is 0.271 e. The number of carbonyl (C=O) groups is 2. The topological polar surface area (TPSA) is 148 Å². The molecule has 0 saturated heterocycles. The maximum atomic E-state index is 12.1. The largest absolute Gasteiger partial charge is 0.384 e. The van der Waals surface area contributed by atoms with Gasteiger partial charge in [-0.15, -0.1) is 0 Å². The molecule has 1 aromatic rings. The lowest BCUT2D eigenvalue weighted by molar-refractivity contribution is -0.120. The predicted molar refractivity (Wildman–Crippen MR) is 75.2 cm³/mol. The molecule has 116 valence electrons. The Kier molecular flexibility index (Phi) is 5.58. The van der Waals surface area contributed by atoms with Crippen LogP contribution < -0.4 is 27.4 Å². The highest BCUT2D eigenvalue weighted by atomic mass is 16.5. The van der Waals surface area contributed by atoms with Crippen molar-refractivity contribution in [3.63, 3.8) is 0 Å². The van der Waals surface area contributed by atoms with Gasteiger partial charge >= 0.3 is 0 Å². The van der Waals surface area contributed by atoms with Gasteiger partial charge in [0.25, 0.3) is 5.91 Å². The highest BCUT2D eigenvalue weighted by Crippen LogP contribution is 2.02. The third-order valence-electron chi connectivity index (χ3n) is 2.66. The zero-order valence-corrected chi connectivity index (χ0v) is 12.2. The monoisotopic (exact) mass is 296 g/mol. The molecule has 0 radical (unpaired) electrons. The fourth-order valence-electron chi connectivity index (χ4n) is 1.44. The minimum absolute atomic E-state index is 0.0315. The van der Waals surface area contributed by atoms with Crippen LogP contribution in [0.5, 0.6) is 0 Å². The first kappa shape index (κ1) is 16.3. The highest BCUT2D eigenvalue weighted by Gasteiger charge is 2.18. The van der Waals surface area contributed by atoms with Gasteiger partial charge in [0, 0.05) is 13.1 Å². The third-order valence-corrected chi connectivity index (χ3v) is 2.66. The minimum Gasteiger partial charge on any atom is -0.384 e. The molecular weight excluding hydrogens is 276 g/mol. The number of primary amides is 1. The summed E-state index contributed by atoms with van der Waals surface area (Å²) in [5.41, 5.74) is 11.5. The Morgan fingerprint density at radius 3 is 2.57 bits per heavy atom. The van der Waals surface area contributed by atoms with Gasteiger partial charge in [0.2, 0.25) is 5.91 Å². The first-order valence-electron chi connectivity index (χ1n) is 6.29. The number of aromatic nitrogens is 1. The molecule has 0 aromatic carbocycles. The van der Waals surface area contributed by atoms with Crippen LogP contribution in [0.2, 0.25) is 0 Å². The van der Waals surface area contributed by atoms with Crippen LogP contribution in [0.25, 0.3) is 0 Å². The number of hydrogen-bond donors (Lipinski definition) is 5. The number of aryl methyl sites for hydroxylation is 1. The van der Waals surface area contributed by atoms with E-state index in [0.29, 0.717) is 11.5 Å². The molecule has 1 rings (SSSR count). The van der Waals surface area contributed by atoms with Crippen molar-refractivity contribution in [2.24, 2.45) is 11.5 Å². The van der Waals surface area contributed by atoms with Crippen molar-refractivity contribution >= 4 is 11.8 Å². The summed E-state index contributed by atoms with van der Waals surface area (Å²) in [6, 6.07) is 0.955. The van der Waals surface area contributed by atoms with Crippen molar-refractivity contribution in [1.82, 2.24) is 21.1 Å². The van der Waals surface area contributed by atoms with E-state index in [9.17, 15) is 9.59 Å². The molecule has 0 bridgehead atoms. The molecule has 0 aliphatic carbocycles. The highest BCUT2D eigenvalue weighted by molar-refractivity contribution is 5.94. The van der Waals surface area contributed by atoms with E-state index in [0.717, 1.165) is 0 Å². The van der Waals surface area contributed by atoms with Crippen molar-refractivity contribution in [3.05, 3.63) is 29.0 Å². The van der Waals surface area contributed by atoms with E-state index in [4.69, 9.17) is 16.0 Å². The summed E-state index contributed by atoms with van der Waals surface area (Å²) in [7, 11) is 1.56. The van der Waals surface area contributed by atoms with Crippen LogP contribution >= 0.6 is 0 Å². The zero-order chi connectivity index (χ0) is 16.0. The second-order valence-electron chi connectivity index (χ2n) is 4.42. The average Bonchev–Trinajstić information content (AvgIpc) is 2.86. The summed E-state index contributed by atoms with van der Waals surface area (Å²) < 4.78 is 4.89. The first-order valence-corrected chi connectivity index (χ1v) is 6.29. The molecule has 0 saturated carbocycles. The smallest absolute Gasteiger partial charge is 0.271 e. The average molecular weight is 296 g/mol. The first-order chi connectivity index (χ1) is 9.85. The number of nitrogens with zero attached hydrogens (tertiary/aromatic N) is 1. The molecule has 9 nitrogen and oxygen atoms in total. The molecule has 0 spiro atoms. The van der Waals surface area contributed by atoms with Crippen LogP contribution in [0.1, 0.15) is 18.4 Å². The molecule has 1 atom stereocenters. The lowest BCUT2D eigenvalue weighted by Gasteiger charge is -2.17. The van der Waals surface area contributed by atoms with Gasteiger partial charge in [-0.05, 0) is 13.8 Å². The SMILES string of the molecule is CN/C(N)=C(/N[C@@H](C)C(N)=O)C(=O)NCc1cc(C)on1. The van der Waals surface area contributed by atoms with Gasteiger partial charge in [-0.25, -0.2) is 0 Å². The van der Waals surface area contributed by atoms with Gasteiger partial charge in [-0.3, -0.25) is 9.59 Å². The Morgan fingerprint density at radius 2 is 2.10 bits per heavy atom. The number of rotatable bonds is 7. The molecule has 9 heteroatoms. The molecular formula is C12H20N6O3. The Balaban J connectivity index is 2.74. The second-order valence-corrected chi connectivity index (χ2v) is 4.42. The van der Waals surface area contributed by atoms with Gasteiger partial charge in [-0.2, -0.15) is 0 Å². The van der Waals surface area contributed by atoms with E-state index in [1.165, 1.54) is 6.92 Å². The van der Waals surface area contributed by atoms with Crippen LogP contribution in [0.3, 0.4) is 0 Å². The number of nitrogens with two attached hydrogens (primary N) is 2. The summed E-state index contributed by atoms with van der Waals surface area (Å²) >= 11 is 0. The molecule has 1 aromatic heterocycles. The quantitative estimate of drug-likeness (QED) is 0.381. The summed E-state index contributed by atoms with van der Waals surface area (Å²) in [6.07, 6.45) is 0. The zero-order valence-electron chi connectivity index (χ0n) is 12.2. The summed E-state index contributed by atoms with van der Waals surface area (Å²) in [6.45, 7) is 3.45. The maximum absolute atomic E-state index is 12.1. The Morgan fingerprint density at radius 1 is 1.43 bits per heavy atom. The normalized spacial score (nSPS) is 13.1. The summed E-state index contributed by atoms with van der Waals surface area (Å²) in [5.74, 6) is -0.353. The predicted octanol–water partition coefficient (Wildman–Crippen LogP) is -1.59. The number of carbonyl (C=O) groups excluding carboxylic acids is 2. The van der Waals surface area contributed by atoms with Crippen molar-refractivity contribution in [3.8, 4) is 0 Å². The van der Waals surface area contributed by atoms with Crippen molar-refractivity contribution in [2.45, 2.75) is 26.4 Å². The van der Waals surface area contributed by atoms with Crippen LogP contribution in [-0.2, 0) is 16.1 Å². The van der Waals surface area contributed by atoms with Gasteiger partial charge in [0.15, 0.2) is 0 Å². The second kappa shape index (κ2) is 7.17. The van der Waals surface area contributed by atoms with Gasteiger partial charge < -0.3 is 31.9 Å². The molecule has 21 heavy (non-hydrogen) atoms. The summed E-state index contributed by atoms with van der Waals surface area (Å²) in [4.78, 5) is 23.2. The molecule has 7 N–H and O–H groups in total. The van der Waals surface area contributed by atoms with Crippen LogP contribution in [0.4, 0.5) is 0 Å². The number of hydrogen-bond acceptors (Lipinski definition) is 7. The molecule has 0 unspecified atom stereocenters. The van der Waals surface area contributed by atoms with Crippen LogP contribution in [0, 0.1) is 6.92 Å². The third kappa shape index (κ3) is 4.71. The van der Waals surface area contributed by atoms with E-state index in [2.05, 4.69) is 21.1 Å². The molecule has 0 aliphatic heterocycles. The van der Waals surface area contributed by atoms with Crippen molar-refractivity contribution in [2.75, 3.05) is 7.05 Å². The minimum atomic E-state index is -0.744. The number of nitrogens with one attached hydrogen (secondary N) is 3. The Labute approximate surface area is 122 Å². The standard InChI is InChI=1S/C12H20N6O3/c1-6-4-8(18-21-6)5-16-12(20)9(10(13)15-3)17-7(2)11(14)19/h4,7,15,17H,5,13H2,1-3H3,(H2,14,19)(H,16,20)/b10-9+/t7-/m0/s1. The molecule has 0 fully saturated rings. The number of amides is 2. The van der Waals surface area contributed by atoms with E-state index >= 15 is 0 Å². The van der Waals surface area contributed by atoms with Crippen LogP contribution in [-0.4, -0.2) is 30.1 Å². The van der Waals surface area contributed by atoms with Crippen molar-refractivity contribution in [1.29, 1.82) is 0 Å². The Bertz CT molecular complexity index is 551. The van der Waals surface area contributed by atoms with Crippen molar-refractivity contribution < 1.29 is 14.1 Å². The van der Waals surface area contributed by atoms with Crippen LogP contribution in [0.15, 0.2) is 22.1 Å². The lowest BCUT2D eigenvalue weighted by atomic mass is 10.2. The van der Waals surface area contributed by atoms with Gasteiger partial charge in [0.05, 0.1) is 6.54 Å². The van der Waals surface area contributed by atoms with Gasteiger partial charge in [0.1, 0.15) is 29.0 Å². The van der Waals surface area contributed by atoms with E-state index < -0.39 is 17.9 Å². The lowest BCUT2D eigenvalue weighted by Crippen LogP contribution is -2.45. The van der Waals surface area contributed by atoms with Gasteiger partial charge in [-0.1, -0.05) is 5.16 Å². The fourth-order valence-corrected chi connectivity index (χ4v) is 1.44. The van der Waals surface area contributed by atoms with E-state index in [1.54, 1.807) is 20.0 Å². The van der Waals surface area contributed by atoms with E-state index in [-0.39, 0.29) is 18.1 Å². The fraction of sp³-hybridized carbons (Fsp3) is 0.417. The Hall–Kier alpha value is -2.71. The van der Waals surface area contributed by atoms with E-state index in [1.807, 2.05) is 0 Å². The molecule has 1 heterocycles.